The van der Waals surface area contributed by atoms with E-state index in [1.54, 1.807) is 0 Å². The van der Waals surface area contributed by atoms with Gasteiger partial charge in [-0.3, -0.25) is 14.9 Å². The van der Waals surface area contributed by atoms with E-state index in [2.05, 4.69) is 0 Å². The first kappa shape index (κ1) is 11.7. The van der Waals surface area contributed by atoms with Gasteiger partial charge < -0.3 is 4.74 Å². The number of rotatable bonds is 1. The number of cyclic esters (lactones) is 1. The molecule has 0 radical (unpaired) electrons. The van der Waals surface area contributed by atoms with Crippen molar-refractivity contribution in [3.05, 3.63) is 21.8 Å². The van der Waals surface area contributed by atoms with Crippen LogP contribution in [0, 0.1) is 27.9 Å². The molecule has 0 bridgehead atoms. The minimum atomic E-state index is -0.459. The molecule has 1 saturated carbocycles. The molecule has 0 aromatic carbocycles. The van der Waals surface area contributed by atoms with E-state index in [4.69, 9.17) is 4.74 Å². The molecule has 0 spiro atoms. The Morgan fingerprint density at radius 2 is 2.22 bits per heavy atom. The molecule has 5 heteroatoms. The van der Waals surface area contributed by atoms with E-state index < -0.39 is 6.04 Å². The number of nitro groups is 1. The van der Waals surface area contributed by atoms with E-state index in [0.29, 0.717) is 18.8 Å². The monoisotopic (exact) mass is 251 g/mol. The highest BCUT2D eigenvalue weighted by atomic mass is 16.6. The summed E-state index contributed by atoms with van der Waals surface area (Å²) in [5.41, 5.74) is 1.12. The molecule has 1 aliphatic heterocycles. The van der Waals surface area contributed by atoms with E-state index in [1.165, 1.54) is 0 Å². The van der Waals surface area contributed by atoms with Gasteiger partial charge in [-0.25, -0.2) is 0 Å². The smallest absolute Gasteiger partial charge is 0.313 e. The lowest BCUT2D eigenvalue weighted by Gasteiger charge is -2.34. The second kappa shape index (κ2) is 4.07. The Kier molecular flexibility index (Phi) is 2.64. The molecule has 3 rings (SSSR count). The third kappa shape index (κ3) is 1.72. The van der Waals surface area contributed by atoms with Crippen LogP contribution in [-0.2, 0) is 9.53 Å². The molecular formula is C13H17NO4. The zero-order valence-electron chi connectivity index (χ0n) is 10.4. The molecule has 5 unspecified atom stereocenters. The van der Waals surface area contributed by atoms with Crippen LogP contribution >= 0.6 is 0 Å². The van der Waals surface area contributed by atoms with Gasteiger partial charge >= 0.3 is 5.97 Å². The summed E-state index contributed by atoms with van der Waals surface area (Å²) in [6.45, 7) is 1.95. The highest BCUT2D eigenvalue weighted by Gasteiger charge is 2.47. The summed E-state index contributed by atoms with van der Waals surface area (Å²) in [4.78, 5) is 22.4. The highest BCUT2D eigenvalue weighted by Crippen LogP contribution is 2.46. The van der Waals surface area contributed by atoms with Gasteiger partial charge in [-0.05, 0) is 25.7 Å². The van der Waals surface area contributed by atoms with Crippen LogP contribution in [0.25, 0.3) is 0 Å². The van der Waals surface area contributed by atoms with Gasteiger partial charge in [0, 0.05) is 23.7 Å². The van der Waals surface area contributed by atoms with Crippen molar-refractivity contribution in [2.45, 2.75) is 44.8 Å². The summed E-state index contributed by atoms with van der Waals surface area (Å²) >= 11 is 0. The first-order valence-electron chi connectivity index (χ1n) is 6.61. The molecule has 3 aliphatic rings. The Morgan fingerprint density at radius 1 is 1.44 bits per heavy atom. The zero-order chi connectivity index (χ0) is 12.9. The summed E-state index contributed by atoms with van der Waals surface area (Å²) in [6.07, 6.45) is 4.97. The predicted octanol–water partition coefficient (Wildman–Crippen LogP) is 1.94. The normalized spacial score (nSPS) is 42.6. The summed E-state index contributed by atoms with van der Waals surface area (Å²) in [7, 11) is 0. The molecule has 1 heterocycles. The van der Waals surface area contributed by atoms with Gasteiger partial charge in [-0.15, -0.1) is 0 Å². The van der Waals surface area contributed by atoms with Gasteiger partial charge in [0.15, 0.2) is 0 Å². The quantitative estimate of drug-likeness (QED) is 0.309. The molecular weight excluding hydrogens is 234 g/mol. The largest absolute Gasteiger partial charge is 0.462 e. The van der Waals surface area contributed by atoms with E-state index in [9.17, 15) is 14.9 Å². The summed E-state index contributed by atoms with van der Waals surface area (Å²) < 4.78 is 5.27. The van der Waals surface area contributed by atoms with Crippen LogP contribution in [0.3, 0.4) is 0 Å². The number of carbonyl (C=O) groups excluding carboxylic acids is 1. The van der Waals surface area contributed by atoms with Gasteiger partial charge in [0.05, 0.1) is 5.92 Å². The summed E-state index contributed by atoms with van der Waals surface area (Å²) in [6, 6.07) is -0.459. The fourth-order valence-corrected chi connectivity index (χ4v) is 3.68. The molecule has 5 atom stereocenters. The number of hydrogen-bond acceptors (Lipinski definition) is 4. The maximum absolute atomic E-state index is 11.7. The third-order valence-electron chi connectivity index (χ3n) is 4.73. The van der Waals surface area contributed by atoms with Crippen molar-refractivity contribution in [3.8, 4) is 0 Å². The molecule has 2 fully saturated rings. The summed E-state index contributed by atoms with van der Waals surface area (Å²) in [5, 5.41) is 10.9. The van der Waals surface area contributed by atoms with E-state index in [-0.39, 0.29) is 28.8 Å². The molecule has 98 valence electrons. The van der Waals surface area contributed by atoms with E-state index in [1.807, 2.05) is 13.0 Å². The Hall–Kier alpha value is -1.39. The summed E-state index contributed by atoms with van der Waals surface area (Å²) in [5.74, 6) is 0.399. The number of esters is 1. The van der Waals surface area contributed by atoms with E-state index in [0.717, 1.165) is 18.4 Å². The van der Waals surface area contributed by atoms with Crippen molar-refractivity contribution in [2.24, 2.45) is 17.8 Å². The third-order valence-corrected chi connectivity index (χ3v) is 4.73. The molecule has 0 aromatic rings. The van der Waals surface area contributed by atoms with Crippen LogP contribution in [0.4, 0.5) is 0 Å². The molecule has 5 nitrogen and oxygen atoms in total. The van der Waals surface area contributed by atoms with Crippen LogP contribution in [-0.4, -0.2) is 23.0 Å². The number of ether oxygens (including phenoxy) is 1. The van der Waals surface area contributed by atoms with Crippen molar-refractivity contribution in [1.82, 2.24) is 0 Å². The van der Waals surface area contributed by atoms with Crippen LogP contribution in [0.1, 0.15) is 32.6 Å². The predicted molar refractivity (Wildman–Crippen MR) is 63.4 cm³/mol. The van der Waals surface area contributed by atoms with Crippen molar-refractivity contribution in [3.63, 3.8) is 0 Å². The standard InChI is InChI=1S/C13H17NO4/c1-7-11-5-8-2-3-10(14(16)17)4-9(8)6-12(11)13(15)18-7/h6-8,10-12H,2-5H2,1H3. The molecule has 0 aromatic heterocycles. The average molecular weight is 251 g/mol. The van der Waals surface area contributed by atoms with Crippen LogP contribution in [0.5, 0.6) is 0 Å². The first-order valence-corrected chi connectivity index (χ1v) is 6.61. The van der Waals surface area contributed by atoms with Crippen molar-refractivity contribution >= 4 is 5.97 Å². The fourth-order valence-electron chi connectivity index (χ4n) is 3.68. The van der Waals surface area contributed by atoms with Crippen molar-refractivity contribution < 1.29 is 14.5 Å². The molecule has 1 saturated heterocycles. The lowest BCUT2D eigenvalue weighted by atomic mass is 9.68. The Morgan fingerprint density at radius 3 is 2.94 bits per heavy atom. The van der Waals surface area contributed by atoms with Gasteiger partial charge in [-0.2, -0.15) is 0 Å². The van der Waals surface area contributed by atoms with Crippen LogP contribution in [0.15, 0.2) is 11.6 Å². The number of carbonyl (C=O) groups is 1. The fraction of sp³-hybridized carbons (Fsp3) is 0.769. The second-order valence-corrected chi connectivity index (χ2v) is 5.73. The molecule has 2 aliphatic carbocycles. The Bertz CT molecular complexity index is 431. The second-order valence-electron chi connectivity index (χ2n) is 5.73. The van der Waals surface area contributed by atoms with Gasteiger partial charge in [0.2, 0.25) is 6.04 Å². The lowest BCUT2D eigenvalue weighted by Crippen LogP contribution is -2.34. The average Bonchev–Trinajstić information content (AvgIpc) is 2.61. The van der Waals surface area contributed by atoms with Gasteiger partial charge in [-0.1, -0.05) is 11.6 Å². The molecule has 0 N–H and O–H groups in total. The molecule has 18 heavy (non-hydrogen) atoms. The number of nitrogens with zero attached hydrogens (tertiary/aromatic N) is 1. The lowest BCUT2D eigenvalue weighted by molar-refractivity contribution is -0.524. The minimum Gasteiger partial charge on any atom is -0.462 e. The van der Waals surface area contributed by atoms with Gasteiger partial charge in [0.25, 0.3) is 0 Å². The number of fused-ring (bicyclic) bond motifs is 2. The first-order chi connectivity index (χ1) is 8.56. The Labute approximate surface area is 105 Å². The maximum Gasteiger partial charge on any atom is 0.313 e. The van der Waals surface area contributed by atoms with Gasteiger partial charge in [0.1, 0.15) is 6.10 Å². The Balaban J connectivity index is 1.84. The zero-order valence-corrected chi connectivity index (χ0v) is 10.4. The van der Waals surface area contributed by atoms with Crippen molar-refractivity contribution in [2.75, 3.05) is 0 Å². The minimum absolute atomic E-state index is 0.00598. The van der Waals surface area contributed by atoms with Crippen LogP contribution in [0.2, 0.25) is 0 Å². The highest BCUT2D eigenvalue weighted by molar-refractivity contribution is 5.77. The van der Waals surface area contributed by atoms with Crippen LogP contribution < -0.4 is 0 Å². The van der Waals surface area contributed by atoms with Crippen molar-refractivity contribution in [1.29, 1.82) is 0 Å². The SMILES string of the molecule is CC1OC(=O)C2C=C3CC([N+](=O)[O-])CCC3CC12. The topological polar surface area (TPSA) is 69.4 Å². The van der Waals surface area contributed by atoms with E-state index >= 15 is 0 Å². The molecule has 0 amide bonds. The number of hydrogen-bond donors (Lipinski definition) is 0. The maximum atomic E-state index is 11.7.